The van der Waals surface area contributed by atoms with E-state index >= 15 is 0 Å². The molecule has 6 nitrogen and oxygen atoms in total. The van der Waals surface area contributed by atoms with Crippen molar-refractivity contribution in [1.82, 2.24) is 10.2 Å². The third kappa shape index (κ3) is 3.53. The van der Waals surface area contributed by atoms with Gasteiger partial charge in [0.15, 0.2) is 0 Å². The van der Waals surface area contributed by atoms with Crippen LogP contribution in [-0.4, -0.2) is 47.7 Å². The molecule has 1 aliphatic heterocycles. The summed E-state index contributed by atoms with van der Waals surface area (Å²) >= 11 is 11.7. The van der Waals surface area contributed by atoms with Crippen LogP contribution in [-0.2, 0) is 4.79 Å². The van der Waals surface area contributed by atoms with Crippen LogP contribution in [0.25, 0.3) is 0 Å². The van der Waals surface area contributed by atoms with Crippen molar-refractivity contribution >= 4 is 35.1 Å². The van der Waals surface area contributed by atoms with Gasteiger partial charge in [-0.05, 0) is 18.2 Å². The zero-order valence-corrected chi connectivity index (χ0v) is 11.8. The van der Waals surface area contributed by atoms with Crippen LogP contribution >= 0.6 is 23.2 Å². The molecule has 0 aromatic heterocycles. The van der Waals surface area contributed by atoms with E-state index in [1.54, 1.807) is 12.1 Å². The first-order chi connectivity index (χ1) is 9.47. The lowest BCUT2D eigenvalue weighted by atomic mass is 10.3. The Balaban J connectivity index is 1.87. The SMILES string of the molecule is O=C1CNC(=O)N1CC(O)COc1ccc(Cl)cc1Cl. The summed E-state index contributed by atoms with van der Waals surface area (Å²) in [4.78, 5) is 23.6. The highest BCUT2D eigenvalue weighted by Gasteiger charge is 2.30. The monoisotopic (exact) mass is 318 g/mol. The number of amides is 3. The van der Waals surface area contributed by atoms with E-state index in [1.165, 1.54) is 6.07 Å². The van der Waals surface area contributed by atoms with Crippen LogP contribution in [0.3, 0.4) is 0 Å². The summed E-state index contributed by atoms with van der Waals surface area (Å²) in [6.07, 6.45) is -1.01. The van der Waals surface area contributed by atoms with Crippen LogP contribution < -0.4 is 10.1 Å². The van der Waals surface area contributed by atoms with Gasteiger partial charge in [-0.15, -0.1) is 0 Å². The minimum Gasteiger partial charge on any atom is -0.489 e. The lowest BCUT2D eigenvalue weighted by molar-refractivity contribution is -0.126. The van der Waals surface area contributed by atoms with E-state index in [-0.39, 0.29) is 25.6 Å². The Bertz CT molecular complexity index is 522. The highest BCUT2D eigenvalue weighted by Crippen LogP contribution is 2.27. The molecule has 0 radical (unpaired) electrons. The molecule has 0 aliphatic carbocycles. The molecule has 1 aromatic carbocycles. The van der Waals surface area contributed by atoms with Crippen molar-refractivity contribution < 1.29 is 19.4 Å². The zero-order chi connectivity index (χ0) is 14.7. The number of carbonyl (C=O) groups excluding carboxylic acids is 2. The molecule has 1 aliphatic rings. The first-order valence-electron chi connectivity index (χ1n) is 5.81. The molecule has 20 heavy (non-hydrogen) atoms. The molecule has 1 heterocycles. The summed E-state index contributed by atoms with van der Waals surface area (Å²) in [7, 11) is 0. The van der Waals surface area contributed by atoms with E-state index in [0.717, 1.165) is 4.90 Å². The number of ether oxygens (including phenoxy) is 1. The van der Waals surface area contributed by atoms with Crippen LogP contribution in [0.1, 0.15) is 0 Å². The average Bonchev–Trinajstić information content (AvgIpc) is 2.69. The number of nitrogens with one attached hydrogen (secondary N) is 1. The Morgan fingerprint density at radius 1 is 1.40 bits per heavy atom. The molecular weight excluding hydrogens is 307 g/mol. The smallest absolute Gasteiger partial charge is 0.324 e. The van der Waals surface area contributed by atoms with E-state index in [4.69, 9.17) is 27.9 Å². The molecule has 1 aromatic rings. The molecule has 3 amide bonds. The molecule has 1 atom stereocenters. The number of urea groups is 1. The summed E-state index contributed by atoms with van der Waals surface area (Å²) in [6.45, 7) is -0.274. The van der Waals surface area contributed by atoms with Crippen molar-refractivity contribution in [2.24, 2.45) is 0 Å². The van der Waals surface area contributed by atoms with Gasteiger partial charge in [0.05, 0.1) is 18.1 Å². The Morgan fingerprint density at radius 3 is 2.75 bits per heavy atom. The highest BCUT2D eigenvalue weighted by atomic mass is 35.5. The molecule has 1 saturated heterocycles. The predicted molar refractivity (Wildman–Crippen MR) is 73.1 cm³/mol. The van der Waals surface area contributed by atoms with Crippen LogP contribution in [0.4, 0.5) is 4.79 Å². The maximum Gasteiger partial charge on any atom is 0.324 e. The maximum atomic E-state index is 11.3. The van der Waals surface area contributed by atoms with Gasteiger partial charge >= 0.3 is 6.03 Å². The molecule has 1 unspecified atom stereocenters. The number of nitrogens with zero attached hydrogens (tertiary/aromatic N) is 1. The van der Waals surface area contributed by atoms with Gasteiger partial charge in [-0.1, -0.05) is 23.2 Å². The number of carbonyl (C=O) groups is 2. The molecule has 108 valence electrons. The number of aliphatic hydroxyl groups is 1. The van der Waals surface area contributed by atoms with E-state index in [0.29, 0.717) is 15.8 Å². The summed E-state index contributed by atoms with van der Waals surface area (Å²) < 4.78 is 5.32. The predicted octanol–water partition coefficient (Wildman–Crippen LogP) is 1.28. The van der Waals surface area contributed by atoms with Gasteiger partial charge in [-0.2, -0.15) is 0 Å². The lowest BCUT2D eigenvalue weighted by Gasteiger charge is -2.18. The summed E-state index contributed by atoms with van der Waals surface area (Å²) in [6, 6.07) is 4.18. The van der Waals surface area contributed by atoms with E-state index in [9.17, 15) is 14.7 Å². The topological polar surface area (TPSA) is 78.9 Å². The Labute approximate surface area is 125 Å². The van der Waals surface area contributed by atoms with E-state index < -0.39 is 12.1 Å². The number of imide groups is 1. The molecule has 0 spiro atoms. The Kier molecular flexibility index (Phi) is 4.69. The highest BCUT2D eigenvalue weighted by molar-refractivity contribution is 6.35. The number of hydrogen-bond acceptors (Lipinski definition) is 4. The van der Waals surface area contributed by atoms with Gasteiger partial charge in [0.1, 0.15) is 18.5 Å². The normalized spacial score (nSPS) is 16.2. The first kappa shape index (κ1) is 14.9. The molecule has 0 bridgehead atoms. The standard InChI is InChI=1S/C12H12Cl2N2O4/c13-7-1-2-10(9(14)3-7)20-6-8(17)5-16-11(18)4-15-12(16)19/h1-3,8,17H,4-6H2,(H,15,19). The zero-order valence-electron chi connectivity index (χ0n) is 10.3. The van der Waals surface area contributed by atoms with Gasteiger partial charge in [-0.3, -0.25) is 9.69 Å². The summed E-state index contributed by atoms with van der Waals surface area (Å²) in [5.74, 6) is -0.00843. The van der Waals surface area contributed by atoms with Crippen LogP contribution in [0.5, 0.6) is 5.75 Å². The Morgan fingerprint density at radius 2 is 2.15 bits per heavy atom. The van der Waals surface area contributed by atoms with Gasteiger partial charge in [0, 0.05) is 5.02 Å². The summed E-state index contributed by atoms with van der Waals surface area (Å²) in [5, 5.41) is 12.9. The van der Waals surface area contributed by atoms with Gasteiger partial charge in [0.25, 0.3) is 0 Å². The fourth-order valence-electron chi connectivity index (χ4n) is 1.68. The molecule has 8 heteroatoms. The second-order valence-corrected chi connectivity index (χ2v) is 5.05. The minimum atomic E-state index is -1.01. The largest absolute Gasteiger partial charge is 0.489 e. The van der Waals surface area contributed by atoms with Crippen molar-refractivity contribution in [1.29, 1.82) is 0 Å². The van der Waals surface area contributed by atoms with Crippen molar-refractivity contribution in [3.63, 3.8) is 0 Å². The second kappa shape index (κ2) is 6.30. The number of rotatable bonds is 5. The quantitative estimate of drug-likeness (QED) is 0.802. The summed E-state index contributed by atoms with van der Waals surface area (Å²) in [5.41, 5.74) is 0. The number of halogens is 2. The van der Waals surface area contributed by atoms with Crippen LogP contribution in [0.15, 0.2) is 18.2 Å². The molecular formula is C12H12Cl2N2O4. The maximum absolute atomic E-state index is 11.3. The fraction of sp³-hybridized carbons (Fsp3) is 0.333. The number of benzene rings is 1. The first-order valence-corrected chi connectivity index (χ1v) is 6.57. The lowest BCUT2D eigenvalue weighted by Crippen LogP contribution is -2.39. The minimum absolute atomic E-state index is 0.0462. The van der Waals surface area contributed by atoms with Crippen LogP contribution in [0, 0.1) is 0 Å². The van der Waals surface area contributed by atoms with Gasteiger partial charge < -0.3 is 15.2 Å². The number of β-amino-alcohol motifs (C(OH)–C–C–N with tert-alkyl or cyclic N) is 1. The number of hydrogen-bond donors (Lipinski definition) is 2. The molecule has 0 saturated carbocycles. The third-order valence-electron chi connectivity index (χ3n) is 2.66. The molecule has 2 rings (SSSR count). The van der Waals surface area contributed by atoms with Gasteiger partial charge in [0.2, 0.25) is 5.91 Å². The third-order valence-corrected chi connectivity index (χ3v) is 3.19. The van der Waals surface area contributed by atoms with E-state index in [2.05, 4.69) is 5.32 Å². The van der Waals surface area contributed by atoms with Crippen LogP contribution in [0.2, 0.25) is 10.0 Å². The molecule has 2 N–H and O–H groups in total. The average molecular weight is 319 g/mol. The van der Waals surface area contributed by atoms with Crippen molar-refractivity contribution in [2.45, 2.75) is 6.10 Å². The number of aliphatic hydroxyl groups excluding tert-OH is 1. The van der Waals surface area contributed by atoms with Crippen molar-refractivity contribution in [3.05, 3.63) is 28.2 Å². The van der Waals surface area contributed by atoms with Crippen molar-refractivity contribution in [3.8, 4) is 5.75 Å². The second-order valence-electron chi connectivity index (χ2n) is 4.20. The van der Waals surface area contributed by atoms with E-state index in [1.807, 2.05) is 0 Å². The molecule has 1 fully saturated rings. The fourth-order valence-corrected chi connectivity index (χ4v) is 2.14. The van der Waals surface area contributed by atoms with Crippen molar-refractivity contribution in [2.75, 3.05) is 19.7 Å². The Hall–Kier alpha value is -1.50. The van der Waals surface area contributed by atoms with Gasteiger partial charge in [-0.25, -0.2) is 4.79 Å².